The van der Waals surface area contributed by atoms with Gasteiger partial charge in [-0.15, -0.1) is 0 Å². The van der Waals surface area contributed by atoms with Crippen LogP contribution in [0.1, 0.15) is 58.1 Å². The van der Waals surface area contributed by atoms with Gasteiger partial charge in [0.15, 0.2) is 0 Å². The maximum Gasteiger partial charge on any atom is 0.408 e. The summed E-state index contributed by atoms with van der Waals surface area (Å²) in [5.41, 5.74) is 0.782. The third-order valence-electron chi connectivity index (χ3n) is 4.79. The molecule has 2 rings (SSSR count). The van der Waals surface area contributed by atoms with Gasteiger partial charge in [0, 0.05) is 17.0 Å². The van der Waals surface area contributed by atoms with Crippen molar-refractivity contribution in [3.05, 3.63) is 39.7 Å². The van der Waals surface area contributed by atoms with Crippen LogP contribution in [0.15, 0.2) is 27.4 Å². The lowest BCUT2D eigenvalue weighted by Gasteiger charge is -2.23. The van der Waals surface area contributed by atoms with Crippen LogP contribution < -0.4 is 15.7 Å². The van der Waals surface area contributed by atoms with Gasteiger partial charge in [-0.1, -0.05) is 13.3 Å². The van der Waals surface area contributed by atoms with Crippen molar-refractivity contribution >= 4 is 34.8 Å². The SMILES string of the molecule is CCCCc1cc(=O)oc2c(C)c(OC(=O)C(CCSC)NC(=O)OC(C)(C)C)ccc12. The third kappa shape index (κ3) is 7.29. The number of thioether (sulfide) groups is 1. The van der Waals surface area contributed by atoms with E-state index in [1.54, 1.807) is 51.6 Å². The van der Waals surface area contributed by atoms with E-state index in [1.165, 1.54) is 6.07 Å². The highest BCUT2D eigenvalue weighted by atomic mass is 32.2. The highest BCUT2D eigenvalue weighted by Gasteiger charge is 2.26. The predicted octanol–water partition coefficient (Wildman–Crippen LogP) is 5.00. The maximum absolute atomic E-state index is 12.9. The number of hydrogen-bond acceptors (Lipinski definition) is 7. The topological polar surface area (TPSA) is 94.8 Å². The Balaban J connectivity index is 2.28. The monoisotopic (exact) mass is 463 g/mol. The average Bonchev–Trinajstić information content (AvgIpc) is 2.70. The Morgan fingerprint density at radius 3 is 2.59 bits per heavy atom. The Labute approximate surface area is 193 Å². The largest absolute Gasteiger partial charge is 0.444 e. The van der Waals surface area contributed by atoms with Crippen LogP contribution in [0.2, 0.25) is 0 Å². The predicted molar refractivity (Wildman–Crippen MR) is 128 cm³/mol. The number of unbranched alkanes of at least 4 members (excludes halogenated alkanes) is 1. The fourth-order valence-corrected chi connectivity index (χ4v) is 3.68. The molecule has 0 aliphatic rings. The van der Waals surface area contributed by atoms with Crippen LogP contribution in [0, 0.1) is 6.92 Å². The molecule has 1 amide bonds. The number of fused-ring (bicyclic) bond motifs is 1. The second-order valence-electron chi connectivity index (χ2n) is 8.66. The molecule has 2 aromatic rings. The minimum atomic E-state index is -0.865. The van der Waals surface area contributed by atoms with Crippen molar-refractivity contribution < 1.29 is 23.5 Å². The molecule has 0 aliphatic heterocycles. The van der Waals surface area contributed by atoms with Gasteiger partial charge in [-0.3, -0.25) is 0 Å². The minimum Gasteiger partial charge on any atom is -0.444 e. The quantitative estimate of drug-likeness (QED) is 0.318. The van der Waals surface area contributed by atoms with E-state index in [-0.39, 0.29) is 0 Å². The van der Waals surface area contributed by atoms with Gasteiger partial charge in [0.25, 0.3) is 0 Å². The van der Waals surface area contributed by atoms with E-state index in [2.05, 4.69) is 12.2 Å². The molecule has 0 aliphatic carbocycles. The number of rotatable bonds is 9. The van der Waals surface area contributed by atoms with Gasteiger partial charge in [-0.25, -0.2) is 14.4 Å². The first-order chi connectivity index (χ1) is 15.1. The van der Waals surface area contributed by atoms with E-state index in [0.29, 0.717) is 29.1 Å². The Kier molecular flexibility index (Phi) is 9.19. The van der Waals surface area contributed by atoms with Gasteiger partial charge < -0.3 is 19.2 Å². The summed E-state index contributed by atoms with van der Waals surface area (Å²) in [7, 11) is 0. The molecule has 0 fully saturated rings. The van der Waals surface area contributed by atoms with Crippen LogP contribution >= 0.6 is 11.8 Å². The molecule has 0 radical (unpaired) electrons. The average molecular weight is 464 g/mol. The number of ether oxygens (including phenoxy) is 2. The molecule has 8 heteroatoms. The van der Waals surface area contributed by atoms with Gasteiger partial charge >= 0.3 is 17.7 Å². The highest BCUT2D eigenvalue weighted by molar-refractivity contribution is 7.98. The van der Waals surface area contributed by atoms with Crippen LogP contribution in [-0.4, -0.2) is 35.7 Å². The normalized spacial score (nSPS) is 12.4. The molecule has 1 aromatic carbocycles. The molecule has 1 heterocycles. The second kappa shape index (κ2) is 11.4. The number of carbonyl (C=O) groups is 2. The molecule has 7 nitrogen and oxygen atoms in total. The summed E-state index contributed by atoms with van der Waals surface area (Å²) in [6.45, 7) is 9.10. The summed E-state index contributed by atoms with van der Waals surface area (Å²) in [5, 5.41) is 3.44. The summed E-state index contributed by atoms with van der Waals surface area (Å²) in [4.78, 5) is 37.2. The zero-order valence-electron chi connectivity index (χ0n) is 19.7. The van der Waals surface area contributed by atoms with Crippen LogP contribution in [0.3, 0.4) is 0 Å². The Bertz CT molecular complexity index is 1010. The van der Waals surface area contributed by atoms with Crippen molar-refractivity contribution in [2.75, 3.05) is 12.0 Å². The highest BCUT2D eigenvalue weighted by Crippen LogP contribution is 2.29. The lowest BCUT2D eigenvalue weighted by Crippen LogP contribution is -2.45. The summed E-state index contributed by atoms with van der Waals surface area (Å²) in [6, 6.07) is 4.16. The summed E-state index contributed by atoms with van der Waals surface area (Å²) in [6.07, 6.45) is 4.37. The first-order valence-electron chi connectivity index (χ1n) is 10.8. The molecule has 0 saturated carbocycles. The molecule has 176 valence electrons. The van der Waals surface area contributed by atoms with E-state index in [0.717, 1.165) is 30.2 Å². The molecular formula is C24H33NO6S. The van der Waals surface area contributed by atoms with Crippen molar-refractivity contribution in [2.45, 2.75) is 71.9 Å². The third-order valence-corrected chi connectivity index (χ3v) is 5.44. The van der Waals surface area contributed by atoms with E-state index in [9.17, 15) is 14.4 Å². The van der Waals surface area contributed by atoms with E-state index in [4.69, 9.17) is 13.9 Å². The fourth-order valence-electron chi connectivity index (χ4n) is 3.21. The fraction of sp³-hybridized carbons (Fsp3) is 0.542. The number of aryl methyl sites for hydroxylation is 2. The van der Waals surface area contributed by atoms with Gasteiger partial charge in [0.1, 0.15) is 23.0 Å². The Morgan fingerprint density at radius 1 is 1.25 bits per heavy atom. The number of alkyl carbamates (subject to hydrolysis) is 1. The minimum absolute atomic E-state index is 0.290. The van der Waals surface area contributed by atoms with Gasteiger partial charge in [0.05, 0.1) is 0 Å². The molecule has 0 saturated heterocycles. The summed E-state index contributed by atoms with van der Waals surface area (Å²) in [5.74, 6) is 0.345. The number of amides is 1. The van der Waals surface area contributed by atoms with Crippen molar-refractivity contribution in [3.8, 4) is 5.75 Å². The van der Waals surface area contributed by atoms with Crippen molar-refractivity contribution in [1.29, 1.82) is 0 Å². The standard InChI is InChI=1S/C24H33NO6S/c1-7-8-9-16-14-20(26)30-21-15(2)19(11-10-17(16)21)29-22(27)18(12-13-32-6)25-23(28)31-24(3,4)5/h10-11,14,18H,7-9,12-13H2,1-6H3,(H,25,28). The van der Waals surface area contributed by atoms with Crippen LogP contribution in [-0.2, 0) is 16.0 Å². The smallest absolute Gasteiger partial charge is 0.408 e. The van der Waals surface area contributed by atoms with E-state index >= 15 is 0 Å². The Morgan fingerprint density at radius 2 is 1.97 bits per heavy atom. The number of nitrogens with one attached hydrogen (secondary N) is 1. The zero-order chi connectivity index (χ0) is 23.9. The first-order valence-corrected chi connectivity index (χ1v) is 12.2. The van der Waals surface area contributed by atoms with Crippen molar-refractivity contribution in [3.63, 3.8) is 0 Å². The number of carbonyl (C=O) groups excluding carboxylic acids is 2. The molecule has 32 heavy (non-hydrogen) atoms. The number of esters is 1. The molecule has 1 unspecified atom stereocenters. The lowest BCUT2D eigenvalue weighted by molar-refractivity contribution is -0.136. The number of benzene rings is 1. The van der Waals surface area contributed by atoms with Crippen molar-refractivity contribution in [2.24, 2.45) is 0 Å². The van der Waals surface area contributed by atoms with Crippen molar-refractivity contribution in [1.82, 2.24) is 5.32 Å². The molecule has 1 aromatic heterocycles. The summed E-state index contributed by atoms with van der Waals surface area (Å²) >= 11 is 1.56. The van der Waals surface area contributed by atoms with Gasteiger partial charge in [0.2, 0.25) is 0 Å². The molecule has 1 N–H and O–H groups in total. The van der Waals surface area contributed by atoms with Gasteiger partial charge in [-0.05, 0) is 76.7 Å². The number of hydrogen-bond donors (Lipinski definition) is 1. The van der Waals surface area contributed by atoms with Crippen LogP contribution in [0.4, 0.5) is 4.79 Å². The molecule has 1 atom stereocenters. The van der Waals surface area contributed by atoms with Gasteiger partial charge in [-0.2, -0.15) is 11.8 Å². The van der Waals surface area contributed by atoms with Crippen LogP contribution in [0.25, 0.3) is 11.0 Å². The Hall–Kier alpha value is -2.48. The molecule has 0 bridgehead atoms. The van der Waals surface area contributed by atoms with E-state index < -0.39 is 29.3 Å². The first kappa shape index (κ1) is 25.8. The second-order valence-corrected chi connectivity index (χ2v) is 9.65. The maximum atomic E-state index is 12.9. The molecule has 0 spiro atoms. The zero-order valence-corrected chi connectivity index (χ0v) is 20.5. The lowest BCUT2D eigenvalue weighted by atomic mass is 10.0. The summed E-state index contributed by atoms with van der Waals surface area (Å²) < 4.78 is 16.3. The van der Waals surface area contributed by atoms with E-state index in [1.807, 2.05) is 6.26 Å². The molecular weight excluding hydrogens is 430 g/mol. The van der Waals surface area contributed by atoms with Crippen LogP contribution in [0.5, 0.6) is 5.75 Å².